The van der Waals surface area contributed by atoms with E-state index in [1.54, 1.807) is 7.11 Å². The van der Waals surface area contributed by atoms with Gasteiger partial charge in [0.15, 0.2) is 0 Å². The summed E-state index contributed by atoms with van der Waals surface area (Å²) in [6.07, 6.45) is -0.0115. The lowest BCUT2D eigenvalue weighted by Gasteiger charge is -2.09. The second kappa shape index (κ2) is 95.2. The monoisotopic (exact) mass is 1470 g/mol. The van der Waals surface area contributed by atoms with Crippen molar-refractivity contribution in [3.05, 3.63) is 0 Å². The molecular weight excluding hydrogens is 1340 g/mol. The van der Waals surface area contributed by atoms with Gasteiger partial charge in [0.25, 0.3) is 0 Å². The van der Waals surface area contributed by atoms with E-state index in [2.05, 4.69) is 0 Å². The van der Waals surface area contributed by atoms with E-state index in [1.807, 2.05) is 0 Å². The summed E-state index contributed by atoms with van der Waals surface area (Å²) < 4.78 is 175. The first-order valence-corrected chi connectivity index (χ1v) is 35.4. The lowest BCUT2D eigenvalue weighted by molar-refractivity contribution is -0.138. The molecule has 0 radical (unpaired) electrons. The summed E-state index contributed by atoms with van der Waals surface area (Å²) in [6.45, 7) is 30.1. The fourth-order valence-electron chi connectivity index (χ4n) is 7.00. The van der Waals surface area contributed by atoms with Gasteiger partial charge in [-0.25, -0.2) is 0 Å². The molecule has 100 heavy (non-hydrogen) atoms. The minimum atomic E-state index is -0.881. The molecule has 0 aliphatic carbocycles. The van der Waals surface area contributed by atoms with Gasteiger partial charge >= 0.3 is 5.97 Å². The molecule has 34 nitrogen and oxygen atoms in total. The largest absolute Gasteiger partial charge is 0.481 e. The molecule has 0 saturated heterocycles. The summed E-state index contributed by atoms with van der Waals surface area (Å²) in [6, 6.07) is 0. The highest BCUT2D eigenvalue weighted by Crippen LogP contribution is 1.94. The zero-order valence-electron chi connectivity index (χ0n) is 60.7. The van der Waals surface area contributed by atoms with E-state index >= 15 is 0 Å². The summed E-state index contributed by atoms with van der Waals surface area (Å²) in [5.41, 5.74) is 0. The second-order valence-electron chi connectivity index (χ2n) is 20.1. The van der Waals surface area contributed by atoms with Crippen molar-refractivity contribution in [2.45, 2.75) is 6.42 Å². The van der Waals surface area contributed by atoms with Crippen LogP contribution in [0.15, 0.2) is 0 Å². The topological polar surface area (TPSA) is 333 Å². The molecule has 0 bridgehead atoms. The SMILES string of the molecule is COCCOCCOCCOCCOCCOCCOCCOCCOCCOCCOCCOCCOCCOCCOCCOCCOCCOCCOCCOCCOCCOCCOCCOCCOCCOCCOCCOCCOCCOCCOCCOCCC(=O)O. The molecule has 0 aromatic heterocycles. The van der Waals surface area contributed by atoms with E-state index in [-0.39, 0.29) is 13.0 Å². The molecule has 0 rings (SSSR count). The average molecular weight is 1470 g/mol. The lowest BCUT2D eigenvalue weighted by atomic mass is 10.5. The van der Waals surface area contributed by atoms with Crippen molar-refractivity contribution in [1.82, 2.24) is 0 Å². The summed E-state index contributed by atoms with van der Waals surface area (Å²) in [4.78, 5) is 10.4. The minimum Gasteiger partial charge on any atom is -0.481 e. The summed E-state index contributed by atoms with van der Waals surface area (Å²) in [5.74, 6) is -0.881. The first-order chi connectivity index (χ1) is 49.8. The third-order valence-electron chi connectivity index (χ3n) is 12.1. The molecule has 0 aliphatic rings. The summed E-state index contributed by atoms with van der Waals surface area (Å²) >= 11 is 0. The summed E-state index contributed by atoms with van der Waals surface area (Å²) in [7, 11) is 1.64. The minimum absolute atomic E-state index is 0.0115. The van der Waals surface area contributed by atoms with Gasteiger partial charge in [-0.15, -0.1) is 0 Å². The van der Waals surface area contributed by atoms with E-state index in [0.29, 0.717) is 410 Å². The number of rotatable bonds is 96. The maximum atomic E-state index is 10.4. The van der Waals surface area contributed by atoms with E-state index in [0.717, 1.165) is 0 Å². The molecule has 0 spiro atoms. The smallest absolute Gasteiger partial charge is 0.305 e. The molecule has 0 amide bonds. The highest BCUT2D eigenvalue weighted by Gasteiger charge is 2.03. The number of carboxylic acids is 1. The molecule has 600 valence electrons. The quantitative estimate of drug-likeness (QED) is 0.0816. The van der Waals surface area contributed by atoms with Crippen LogP contribution in [0.4, 0.5) is 0 Å². The predicted molar refractivity (Wildman–Crippen MR) is 360 cm³/mol. The molecule has 0 atom stereocenters. The van der Waals surface area contributed by atoms with Crippen LogP contribution in [0.1, 0.15) is 6.42 Å². The van der Waals surface area contributed by atoms with Gasteiger partial charge in [-0.2, -0.15) is 0 Å². The number of hydrogen-bond acceptors (Lipinski definition) is 33. The van der Waals surface area contributed by atoms with Gasteiger partial charge in [-0.05, 0) is 0 Å². The Labute approximate surface area is 595 Å². The Hall–Kier alpha value is -1.81. The molecule has 0 aromatic rings. The zero-order valence-corrected chi connectivity index (χ0v) is 60.7. The molecule has 0 aromatic carbocycles. The van der Waals surface area contributed by atoms with Crippen LogP contribution in [0.2, 0.25) is 0 Å². The third kappa shape index (κ3) is 96.2. The van der Waals surface area contributed by atoms with Gasteiger partial charge < -0.3 is 157 Å². The summed E-state index contributed by atoms with van der Waals surface area (Å²) in [5, 5.41) is 8.53. The molecular formula is C66H132O34. The van der Waals surface area contributed by atoms with E-state index in [9.17, 15) is 4.79 Å². The molecule has 0 fully saturated rings. The molecule has 0 saturated carbocycles. The Morgan fingerprint density at radius 3 is 0.280 bits per heavy atom. The van der Waals surface area contributed by atoms with Crippen LogP contribution in [-0.4, -0.2) is 434 Å². The number of methoxy groups -OCH3 is 1. The number of aliphatic carboxylic acids is 1. The van der Waals surface area contributed by atoms with Crippen LogP contribution >= 0.6 is 0 Å². The predicted octanol–water partition coefficient (Wildman–Crippen LogP) is 0.622. The van der Waals surface area contributed by atoms with Crippen molar-refractivity contribution < 1.29 is 161 Å². The van der Waals surface area contributed by atoms with Gasteiger partial charge in [-0.1, -0.05) is 0 Å². The van der Waals surface area contributed by atoms with Gasteiger partial charge in [0.2, 0.25) is 0 Å². The number of carboxylic acid groups (broad SMARTS) is 1. The molecule has 34 heteroatoms. The number of hydrogen-bond donors (Lipinski definition) is 1. The van der Waals surface area contributed by atoms with Gasteiger partial charge in [0.1, 0.15) is 0 Å². The van der Waals surface area contributed by atoms with E-state index < -0.39 is 5.97 Å². The van der Waals surface area contributed by atoms with Gasteiger partial charge in [0.05, 0.1) is 423 Å². The first-order valence-electron chi connectivity index (χ1n) is 35.4. The van der Waals surface area contributed by atoms with Gasteiger partial charge in [-0.3, -0.25) is 4.79 Å². The van der Waals surface area contributed by atoms with Crippen molar-refractivity contribution >= 4 is 5.97 Å². The highest BCUT2D eigenvalue weighted by atomic mass is 16.6. The maximum absolute atomic E-state index is 10.4. The molecule has 0 unspecified atom stereocenters. The van der Waals surface area contributed by atoms with Gasteiger partial charge in [0, 0.05) is 7.11 Å². The Morgan fingerprint density at radius 1 is 0.140 bits per heavy atom. The van der Waals surface area contributed by atoms with Crippen molar-refractivity contribution in [2.24, 2.45) is 0 Å². The number of ether oxygens (including phenoxy) is 32. The van der Waals surface area contributed by atoms with Crippen LogP contribution in [0.5, 0.6) is 0 Å². The Morgan fingerprint density at radius 2 is 0.210 bits per heavy atom. The fraction of sp³-hybridized carbons (Fsp3) is 0.985. The van der Waals surface area contributed by atoms with E-state index in [4.69, 9.17) is 157 Å². The van der Waals surface area contributed by atoms with Crippen molar-refractivity contribution in [3.63, 3.8) is 0 Å². The Kier molecular flexibility index (Phi) is 93.5. The molecule has 0 aliphatic heterocycles. The van der Waals surface area contributed by atoms with Crippen LogP contribution in [0.25, 0.3) is 0 Å². The zero-order chi connectivity index (χ0) is 71.5. The molecule has 1 N–H and O–H groups in total. The molecule has 0 heterocycles. The van der Waals surface area contributed by atoms with Crippen molar-refractivity contribution in [1.29, 1.82) is 0 Å². The van der Waals surface area contributed by atoms with Crippen LogP contribution in [-0.2, 0) is 156 Å². The normalized spacial score (nSPS) is 11.8. The third-order valence-corrected chi connectivity index (χ3v) is 12.1. The second-order valence-corrected chi connectivity index (χ2v) is 20.1. The highest BCUT2D eigenvalue weighted by molar-refractivity contribution is 5.66. The average Bonchev–Trinajstić information content (AvgIpc) is 3.66. The lowest BCUT2D eigenvalue weighted by Crippen LogP contribution is -2.16. The van der Waals surface area contributed by atoms with Crippen LogP contribution in [0.3, 0.4) is 0 Å². The fourth-order valence-corrected chi connectivity index (χ4v) is 7.00. The Bertz CT molecular complexity index is 1450. The maximum Gasteiger partial charge on any atom is 0.305 e. The Balaban J connectivity index is 3.09. The van der Waals surface area contributed by atoms with Crippen molar-refractivity contribution in [2.75, 3.05) is 423 Å². The van der Waals surface area contributed by atoms with Crippen LogP contribution < -0.4 is 0 Å². The first kappa shape index (κ1) is 98.2. The standard InChI is InChI=1S/C66H132O34/c1-69-4-5-71-8-9-73-12-13-75-16-17-77-20-21-79-24-25-81-28-29-83-32-33-85-36-37-87-40-41-89-44-45-91-48-49-93-52-53-95-56-57-97-60-61-99-64-65-100-63-62-98-59-58-96-55-54-94-51-50-92-47-46-90-43-42-88-39-38-86-35-34-84-31-30-82-27-26-80-23-22-78-19-18-76-15-14-74-11-10-72-7-6-70-3-2-66(67)68/h2-65H2,1H3,(H,67,68). The van der Waals surface area contributed by atoms with Crippen LogP contribution in [0, 0.1) is 0 Å². The van der Waals surface area contributed by atoms with E-state index in [1.165, 1.54) is 0 Å². The van der Waals surface area contributed by atoms with Crippen molar-refractivity contribution in [3.8, 4) is 0 Å². The number of carbonyl (C=O) groups is 1.